The van der Waals surface area contributed by atoms with Crippen molar-refractivity contribution in [1.29, 1.82) is 0 Å². The Bertz CT molecular complexity index is 670. The first-order chi connectivity index (χ1) is 9.91. The van der Waals surface area contributed by atoms with Gasteiger partial charge in [0.15, 0.2) is 9.84 Å². The van der Waals surface area contributed by atoms with Crippen molar-refractivity contribution in [2.75, 3.05) is 16.8 Å². The molecule has 8 heteroatoms. The minimum atomic E-state index is -2.94. The van der Waals surface area contributed by atoms with E-state index in [1.807, 2.05) is 0 Å². The molecule has 1 aromatic rings. The number of carbonyl (C=O) groups excluding carboxylic acids is 1. The van der Waals surface area contributed by atoms with E-state index in [0.717, 1.165) is 12.8 Å². The van der Waals surface area contributed by atoms with Gasteiger partial charge in [-0.2, -0.15) is 0 Å². The molecular formula is C13H18N4O3S. The molecule has 3 rings (SSSR count). The molecule has 1 aliphatic carbocycles. The van der Waals surface area contributed by atoms with E-state index in [9.17, 15) is 13.2 Å². The van der Waals surface area contributed by atoms with E-state index in [2.05, 4.69) is 20.6 Å². The van der Waals surface area contributed by atoms with E-state index >= 15 is 0 Å². The topological polar surface area (TPSA) is 101 Å². The van der Waals surface area contributed by atoms with Crippen LogP contribution in [-0.4, -0.2) is 47.9 Å². The monoisotopic (exact) mass is 310 g/mol. The van der Waals surface area contributed by atoms with E-state index < -0.39 is 9.84 Å². The van der Waals surface area contributed by atoms with Gasteiger partial charge in [0, 0.05) is 18.2 Å². The third kappa shape index (κ3) is 3.69. The highest BCUT2D eigenvalue weighted by atomic mass is 32.2. The summed E-state index contributed by atoms with van der Waals surface area (Å²) in [4.78, 5) is 20.4. The Hall–Kier alpha value is -1.70. The SMILES string of the molecule is Cc1nc(NC2CCS(=O)(=O)C2)cc(C(=O)NC2CC2)n1. The maximum absolute atomic E-state index is 12.0. The second-order valence-corrected chi connectivity index (χ2v) is 7.91. The number of anilines is 1. The molecule has 7 nitrogen and oxygen atoms in total. The van der Waals surface area contributed by atoms with E-state index in [1.165, 1.54) is 0 Å². The smallest absolute Gasteiger partial charge is 0.270 e. The molecule has 2 heterocycles. The van der Waals surface area contributed by atoms with Crippen molar-refractivity contribution in [3.63, 3.8) is 0 Å². The van der Waals surface area contributed by atoms with Crippen molar-refractivity contribution in [3.8, 4) is 0 Å². The summed E-state index contributed by atoms with van der Waals surface area (Å²) in [6, 6.07) is 1.70. The summed E-state index contributed by atoms with van der Waals surface area (Å²) in [6.45, 7) is 1.71. The summed E-state index contributed by atoms with van der Waals surface area (Å²) < 4.78 is 22.9. The summed E-state index contributed by atoms with van der Waals surface area (Å²) in [7, 11) is -2.94. The molecular weight excluding hydrogens is 292 g/mol. The molecule has 1 saturated heterocycles. The number of nitrogens with zero attached hydrogens (tertiary/aromatic N) is 2. The highest BCUT2D eigenvalue weighted by Gasteiger charge is 2.28. The average Bonchev–Trinajstić information content (AvgIpc) is 3.13. The quantitative estimate of drug-likeness (QED) is 0.828. The van der Waals surface area contributed by atoms with Crippen LogP contribution < -0.4 is 10.6 Å². The van der Waals surface area contributed by atoms with Gasteiger partial charge in [-0.05, 0) is 26.2 Å². The van der Waals surface area contributed by atoms with Crippen LogP contribution in [0.5, 0.6) is 0 Å². The highest BCUT2D eigenvalue weighted by Crippen LogP contribution is 2.20. The zero-order chi connectivity index (χ0) is 15.0. The Morgan fingerprint density at radius 1 is 1.24 bits per heavy atom. The molecule has 1 saturated carbocycles. The summed E-state index contributed by atoms with van der Waals surface area (Å²) >= 11 is 0. The number of hydrogen-bond donors (Lipinski definition) is 2. The van der Waals surface area contributed by atoms with Crippen molar-refractivity contribution >= 4 is 21.6 Å². The summed E-state index contributed by atoms with van der Waals surface area (Å²) in [5, 5.41) is 5.97. The fourth-order valence-corrected chi connectivity index (χ4v) is 4.04. The maximum Gasteiger partial charge on any atom is 0.270 e. The normalized spacial score (nSPS) is 23.8. The van der Waals surface area contributed by atoms with Crippen molar-refractivity contribution < 1.29 is 13.2 Å². The van der Waals surface area contributed by atoms with E-state index in [1.54, 1.807) is 13.0 Å². The highest BCUT2D eigenvalue weighted by molar-refractivity contribution is 7.91. The Morgan fingerprint density at radius 2 is 2.00 bits per heavy atom. The number of carbonyl (C=O) groups is 1. The number of hydrogen-bond acceptors (Lipinski definition) is 6. The first kappa shape index (κ1) is 14.2. The molecule has 0 radical (unpaired) electrons. The zero-order valence-electron chi connectivity index (χ0n) is 11.8. The van der Waals surface area contributed by atoms with Gasteiger partial charge < -0.3 is 10.6 Å². The fraction of sp³-hybridized carbons (Fsp3) is 0.615. The van der Waals surface area contributed by atoms with Gasteiger partial charge >= 0.3 is 0 Å². The molecule has 114 valence electrons. The van der Waals surface area contributed by atoms with Gasteiger partial charge in [0.1, 0.15) is 17.3 Å². The molecule has 21 heavy (non-hydrogen) atoms. The third-order valence-corrected chi connectivity index (χ3v) is 5.34. The van der Waals surface area contributed by atoms with Gasteiger partial charge in [0.05, 0.1) is 11.5 Å². The van der Waals surface area contributed by atoms with Crippen LogP contribution in [0.3, 0.4) is 0 Å². The molecule has 1 aromatic heterocycles. The molecule has 1 aliphatic heterocycles. The molecule has 1 atom stereocenters. The maximum atomic E-state index is 12.0. The second-order valence-electron chi connectivity index (χ2n) is 5.68. The lowest BCUT2D eigenvalue weighted by atomic mass is 10.2. The van der Waals surface area contributed by atoms with Gasteiger partial charge in [-0.3, -0.25) is 4.79 Å². The van der Waals surface area contributed by atoms with E-state index in [4.69, 9.17) is 0 Å². The standard InChI is InChI=1S/C13H18N4O3S/c1-8-14-11(13(18)17-9-2-3-9)6-12(15-8)16-10-4-5-21(19,20)7-10/h6,9-10H,2-5,7H2,1H3,(H,17,18)(H,14,15,16). The van der Waals surface area contributed by atoms with Crippen LogP contribution in [0.2, 0.25) is 0 Å². The minimum absolute atomic E-state index is 0.111. The summed E-state index contributed by atoms with van der Waals surface area (Å²) in [5.41, 5.74) is 0.317. The van der Waals surface area contributed by atoms with Crippen LogP contribution in [0.4, 0.5) is 5.82 Å². The lowest BCUT2D eigenvalue weighted by Crippen LogP contribution is -2.27. The Balaban J connectivity index is 1.73. The number of rotatable bonds is 4. The lowest BCUT2D eigenvalue weighted by molar-refractivity contribution is 0.0945. The van der Waals surface area contributed by atoms with Gasteiger partial charge in [0.2, 0.25) is 0 Å². The van der Waals surface area contributed by atoms with Crippen molar-refractivity contribution in [1.82, 2.24) is 15.3 Å². The molecule has 1 amide bonds. The van der Waals surface area contributed by atoms with Crippen molar-refractivity contribution in [2.24, 2.45) is 0 Å². The minimum Gasteiger partial charge on any atom is -0.366 e. The summed E-state index contributed by atoms with van der Waals surface area (Å²) in [6.07, 6.45) is 2.59. The molecule has 2 fully saturated rings. The summed E-state index contributed by atoms with van der Waals surface area (Å²) in [5.74, 6) is 1.10. The van der Waals surface area contributed by atoms with Gasteiger partial charge in [0.25, 0.3) is 5.91 Å². The molecule has 2 N–H and O–H groups in total. The van der Waals surface area contributed by atoms with Gasteiger partial charge in [-0.15, -0.1) is 0 Å². The first-order valence-corrected chi connectivity index (χ1v) is 8.87. The molecule has 2 aliphatic rings. The Morgan fingerprint density at radius 3 is 2.62 bits per heavy atom. The first-order valence-electron chi connectivity index (χ1n) is 7.05. The van der Waals surface area contributed by atoms with Crippen LogP contribution in [0.1, 0.15) is 35.6 Å². The lowest BCUT2D eigenvalue weighted by Gasteiger charge is -2.13. The largest absolute Gasteiger partial charge is 0.366 e. The third-order valence-electron chi connectivity index (χ3n) is 3.57. The number of aromatic nitrogens is 2. The predicted octanol–water partition coefficient (Wildman–Crippen LogP) is 0.276. The number of nitrogens with one attached hydrogen (secondary N) is 2. The Kier molecular flexibility index (Phi) is 3.56. The van der Waals surface area contributed by atoms with E-state index in [-0.39, 0.29) is 29.5 Å². The van der Waals surface area contributed by atoms with Gasteiger partial charge in [-0.1, -0.05) is 0 Å². The van der Waals surface area contributed by atoms with Crippen LogP contribution in [-0.2, 0) is 9.84 Å². The van der Waals surface area contributed by atoms with Crippen LogP contribution >= 0.6 is 0 Å². The number of amides is 1. The molecule has 0 aromatic carbocycles. The van der Waals surface area contributed by atoms with Crippen molar-refractivity contribution in [3.05, 3.63) is 17.6 Å². The van der Waals surface area contributed by atoms with Crippen LogP contribution in [0.25, 0.3) is 0 Å². The molecule has 1 unspecified atom stereocenters. The van der Waals surface area contributed by atoms with Gasteiger partial charge in [-0.25, -0.2) is 18.4 Å². The second kappa shape index (κ2) is 5.25. The van der Waals surface area contributed by atoms with Crippen LogP contribution in [0.15, 0.2) is 6.07 Å². The Labute approximate surface area is 123 Å². The van der Waals surface area contributed by atoms with Crippen molar-refractivity contribution in [2.45, 2.75) is 38.3 Å². The average molecular weight is 310 g/mol. The predicted molar refractivity (Wildman–Crippen MR) is 77.9 cm³/mol. The van der Waals surface area contributed by atoms with Crippen LogP contribution in [0, 0.1) is 6.92 Å². The molecule has 0 bridgehead atoms. The molecule has 0 spiro atoms. The number of sulfone groups is 1. The zero-order valence-corrected chi connectivity index (χ0v) is 12.6. The fourth-order valence-electron chi connectivity index (χ4n) is 2.36. The van der Waals surface area contributed by atoms with E-state index in [0.29, 0.717) is 23.8 Å². The number of aryl methyl sites for hydroxylation is 1.